The van der Waals surface area contributed by atoms with Crippen LogP contribution in [0, 0.1) is 0 Å². The van der Waals surface area contributed by atoms with Crippen molar-refractivity contribution in [3.8, 4) is 0 Å². The van der Waals surface area contributed by atoms with Crippen LogP contribution in [-0.4, -0.2) is 38.2 Å². The van der Waals surface area contributed by atoms with E-state index in [1.807, 2.05) is 13.0 Å². The second-order valence-corrected chi connectivity index (χ2v) is 12.7. The van der Waals surface area contributed by atoms with Crippen molar-refractivity contribution in [1.82, 2.24) is 24.5 Å². The quantitative estimate of drug-likeness (QED) is 0.304. The number of amides is 1. The lowest BCUT2D eigenvalue weighted by molar-refractivity contribution is -0.116. The molecule has 0 bridgehead atoms. The molecule has 41 heavy (non-hydrogen) atoms. The van der Waals surface area contributed by atoms with Gasteiger partial charge in [0, 0.05) is 17.9 Å². The Morgan fingerprint density at radius 1 is 1.02 bits per heavy atom. The van der Waals surface area contributed by atoms with Gasteiger partial charge in [-0.25, -0.2) is 0 Å². The lowest BCUT2D eigenvalue weighted by atomic mass is 9.98. The van der Waals surface area contributed by atoms with Gasteiger partial charge in [0.2, 0.25) is 11.7 Å². The number of benzene rings is 1. The summed E-state index contributed by atoms with van der Waals surface area (Å²) in [6, 6.07) is 2.07. The number of anilines is 1. The van der Waals surface area contributed by atoms with Crippen LogP contribution in [0.2, 0.25) is 0 Å². The first-order chi connectivity index (χ1) is 19.2. The zero-order chi connectivity index (χ0) is 29.5. The molecular weight excluding hydrogens is 567 g/mol. The summed E-state index contributed by atoms with van der Waals surface area (Å²) in [6.07, 6.45) is 9.76. The largest absolute Gasteiger partial charge is 0.325 e. The van der Waals surface area contributed by atoms with Crippen molar-refractivity contribution in [2.45, 2.75) is 63.3 Å². The van der Waals surface area contributed by atoms with Crippen LogP contribution >= 0.6 is 10.2 Å². The highest BCUT2D eigenvalue weighted by Crippen LogP contribution is 3.02. The summed E-state index contributed by atoms with van der Waals surface area (Å²) in [4.78, 5) is 29.6. The molecule has 1 aliphatic carbocycles. The smallest absolute Gasteiger partial charge is 0.310 e. The first-order valence-electron chi connectivity index (χ1n) is 13.5. The topological polar surface area (TPSA) is 93.3 Å². The van der Waals surface area contributed by atoms with Crippen LogP contribution in [0.3, 0.4) is 0 Å². The number of hydrogen-bond donors (Lipinski definition) is 2. The third-order valence-electron chi connectivity index (χ3n) is 7.29. The average Bonchev–Trinajstić information content (AvgIpc) is 3.18. The third-order valence-corrected chi connectivity index (χ3v) is 8.45. The number of hydrogen-bond acceptors (Lipinski definition) is 5. The highest BCUT2D eigenvalue weighted by molar-refractivity contribution is 8.45. The lowest BCUT2D eigenvalue weighted by Gasteiger charge is -2.40. The molecule has 0 unspecified atom stereocenters. The van der Waals surface area contributed by atoms with Gasteiger partial charge in [0.05, 0.1) is 5.56 Å². The fourth-order valence-electron chi connectivity index (χ4n) is 5.30. The van der Waals surface area contributed by atoms with E-state index < -0.39 is 21.0 Å². The van der Waals surface area contributed by atoms with Gasteiger partial charge < -0.3 is 15.2 Å². The summed E-state index contributed by atoms with van der Waals surface area (Å²) in [5, 5.41) is 10.2. The molecule has 2 N–H and O–H groups in total. The van der Waals surface area contributed by atoms with Crippen LogP contribution in [0.5, 0.6) is 0 Å². The summed E-state index contributed by atoms with van der Waals surface area (Å²) in [7, 11) is -9.84. The maximum atomic E-state index is 13.8. The second kappa shape index (κ2) is 10.1. The van der Waals surface area contributed by atoms with E-state index in [0.29, 0.717) is 43.0 Å². The molecule has 2 aliphatic rings. The Morgan fingerprint density at radius 3 is 2.44 bits per heavy atom. The molecule has 5 rings (SSSR count). The van der Waals surface area contributed by atoms with Crippen LogP contribution in [0.25, 0.3) is 16.9 Å². The van der Waals surface area contributed by atoms with Crippen LogP contribution in [0.4, 0.5) is 25.1 Å². The van der Waals surface area contributed by atoms with Gasteiger partial charge in [0.25, 0.3) is 5.56 Å². The molecule has 0 saturated heterocycles. The molecule has 0 spiro atoms. The number of rotatable bonds is 7. The number of halogens is 5. The van der Waals surface area contributed by atoms with E-state index in [4.69, 9.17) is 0 Å². The third kappa shape index (κ3) is 6.22. The van der Waals surface area contributed by atoms with E-state index in [9.17, 15) is 29.0 Å². The molecule has 3 aromatic rings. The SMILES string of the molecule is CCc1c(C2=CCNCC2)c(=O)n2nc(C3=CCCCCC3)nc2n1CC(=O)Nc1ccc(S(F)(F)(F)(F)F)cc1. The molecule has 2 aromatic heterocycles. The number of fused-ring (bicyclic) bond motifs is 1. The van der Waals surface area contributed by atoms with E-state index in [-0.39, 0.29) is 35.7 Å². The molecule has 0 atom stereocenters. The van der Waals surface area contributed by atoms with Gasteiger partial charge >= 0.3 is 10.2 Å². The Morgan fingerprint density at radius 2 is 1.78 bits per heavy atom. The number of carbonyl (C=O) groups is 1. The van der Waals surface area contributed by atoms with Crippen molar-refractivity contribution >= 4 is 38.7 Å². The van der Waals surface area contributed by atoms with Crippen LogP contribution in [-0.2, 0) is 17.8 Å². The van der Waals surface area contributed by atoms with E-state index >= 15 is 0 Å². The fraction of sp³-hybridized carbons (Fsp3) is 0.407. The minimum Gasteiger partial charge on any atom is -0.325 e. The number of allylic oxidation sites excluding steroid dienone is 2. The maximum absolute atomic E-state index is 13.8. The number of carbonyl (C=O) groups excluding carboxylic acids is 1. The van der Waals surface area contributed by atoms with Gasteiger partial charge in [-0.2, -0.15) is 9.50 Å². The van der Waals surface area contributed by atoms with Crippen LogP contribution < -0.4 is 16.2 Å². The first kappa shape index (κ1) is 29.0. The number of aromatic nitrogens is 4. The van der Waals surface area contributed by atoms with Crippen molar-refractivity contribution in [1.29, 1.82) is 0 Å². The summed E-state index contributed by atoms with van der Waals surface area (Å²) >= 11 is 0. The van der Waals surface area contributed by atoms with Gasteiger partial charge in [0.15, 0.2) is 5.82 Å². The van der Waals surface area contributed by atoms with Crippen molar-refractivity contribution in [3.63, 3.8) is 0 Å². The molecule has 222 valence electrons. The fourth-order valence-corrected chi connectivity index (χ4v) is 5.95. The first-order valence-corrected chi connectivity index (χ1v) is 15.5. The summed E-state index contributed by atoms with van der Waals surface area (Å²) in [5.74, 6) is -0.0336. The molecule has 14 heteroatoms. The van der Waals surface area contributed by atoms with Gasteiger partial charge in [-0.1, -0.05) is 44.9 Å². The number of nitrogens with zero attached hydrogens (tertiary/aromatic N) is 4. The minimum absolute atomic E-state index is 0.0808. The summed E-state index contributed by atoms with van der Waals surface area (Å²) < 4.78 is 68.3. The molecule has 0 radical (unpaired) electrons. The average molecular weight is 599 g/mol. The van der Waals surface area contributed by atoms with Crippen LogP contribution in [0.15, 0.2) is 46.1 Å². The van der Waals surface area contributed by atoms with Crippen molar-refractivity contribution in [2.75, 3.05) is 18.4 Å². The van der Waals surface area contributed by atoms with Crippen LogP contribution in [0.1, 0.15) is 62.5 Å². The molecule has 8 nitrogen and oxygen atoms in total. The molecule has 3 heterocycles. The zero-order valence-electron chi connectivity index (χ0n) is 22.4. The van der Waals surface area contributed by atoms with Gasteiger partial charge in [-0.15, -0.1) is 5.10 Å². The Hall–Kier alpha value is -3.52. The monoisotopic (exact) mass is 598 g/mol. The van der Waals surface area contributed by atoms with Crippen molar-refractivity contribution < 1.29 is 24.2 Å². The Bertz CT molecular complexity index is 1630. The van der Waals surface area contributed by atoms with E-state index in [1.165, 1.54) is 4.52 Å². The van der Waals surface area contributed by atoms with Gasteiger partial charge in [-0.05, 0) is 80.5 Å². The molecular formula is C27H31F5N6O2S. The van der Waals surface area contributed by atoms with E-state index in [2.05, 4.69) is 26.8 Å². The van der Waals surface area contributed by atoms with Crippen molar-refractivity contribution in [3.05, 3.63) is 63.9 Å². The van der Waals surface area contributed by atoms with Crippen molar-refractivity contribution in [2.24, 2.45) is 0 Å². The molecule has 0 saturated carbocycles. The molecule has 1 amide bonds. The summed E-state index contributed by atoms with van der Waals surface area (Å²) in [5.41, 5.74) is 2.38. The summed E-state index contributed by atoms with van der Waals surface area (Å²) in [6.45, 7) is 2.79. The molecule has 0 fully saturated rings. The number of nitrogens with one attached hydrogen (secondary N) is 2. The minimum atomic E-state index is -9.84. The zero-order valence-corrected chi connectivity index (χ0v) is 23.3. The van der Waals surface area contributed by atoms with Gasteiger partial charge in [-0.3, -0.25) is 9.59 Å². The second-order valence-electron chi connectivity index (χ2n) is 10.3. The standard InChI is InChI=1S/C27H31F5N6O2S/c1-2-22-24(18-13-15-33-16-14-18)26(40)38-27(35-25(36-38)19-7-5-3-4-6-8-19)37(22)17-23(39)34-20-9-11-21(12-10-20)41(28,29,30,31)32/h7,9-13,33H,2-6,8,14-17H2,1H3,(H,34,39). The highest BCUT2D eigenvalue weighted by Gasteiger charge is 2.65. The molecule has 1 aliphatic heterocycles. The molecule has 1 aromatic carbocycles. The Kier molecular flexibility index (Phi) is 7.13. The maximum Gasteiger partial charge on any atom is 0.310 e. The Balaban J connectivity index is 1.56. The highest BCUT2D eigenvalue weighted by atomic mass is 32.5. The van der Waals surface area contributed by atoms with E-state index in [1.54, 1.807) is 4.57 Å². The predicted octanol–water partition coefficient (Wildman–Crippen LogP) is 6.47. The lowest BCUT2D eigenvalue weighted by Crippen LogP contribution is -2.31. The predicted molar refractivity (Wildman–Crippen MR) is 150 cm³/mol. The van der Waals surface area contributed by atoms with Gasteiger partial charge in [0.1, 0.15) is 11.4 Å². The van der Waals surface area contributed by atoms with E-state index in [0.717, 1.165) is 55.4 Å². The Labute approximate surface area is 233 Å². The normalized spacial score (nSPS) is 18.2.